The van der Waals surface area contributed by atoms with E-state index in [9.17, 15) is 13.2 Å². The maximum Gasteiger partial charge on any atom is 0.415 e. The van der Waals surface area contributed by atoms with Crippen molar-refractivity contribution in [3.8, 4) is 0 Å². The molecular weight excluding hydrogens is 252 g/mol. The van der Waals surface area contributed by atoms with Crippen LogP contribution in [-0.2, 0) is 6.42 Å². The van der Waals surface area contributed by atoms with Crippen LogP contribution < -0.4 is 0 Å². The minimum atomic E-state index is -4.54. The zero-order valence-corrected chi connectivity index (χ0v) is 8.71. The molecule has 2 rings (SSSR count). The SMILES string of the molecule is FC(F)(F)C1=Cc2nc[nH]c2CC1(Cl)Cl. The fraction of sp³-hybridized carbons (Fsp3) is 0.375. The van der Waals surface area contributed by atoms with Gasteiger partial charge in [-0.1, -0.05) is 23.2 Å². The predicted octanol–water partition coefficient (Wildman–Crippen LogP) is 3.09. The van der Waals surface area contributed by atoms with Crippen molar-refractivity contribution in [3.05, 3.63) is 23.3 Å². The molecule has 1 aromatic heterocycles. The number of nitrogens with one attached hydrogen (secondary N) is 1. The molecular formula is C8H5Cl2F3N2. The van der Waals surface area contributed by atoms with Gasteiger partial charge in [0.2, 0.25) is 0 Å². The van der Waals surface area contributed by atoms with Crippen LogP contribution in [0.25, 0.3) is 6.08 Å². The highest BCUT2D eigenvalue weighted by Gasteiger charge is 2.49. The largest absolute Gasteiger partial charge is 0.415 e. The highest BCUT2D eigenvalue weighted by atomic mass is 35.5. The van der Waals surface area contributed by atoms with Gasteiger partial charge in [0.25, 0.3) is 0 Å². The first-order valence-corrected chi connectivity index (χ1v) is 4.76. The van der Waals surface area contributed by atoms with Crippen LogP contribution in [0.4, 0.5) is 13.2 Å². The number of nitrogens with zero attached hydrogens (tertiary/aromatic N) is 1. The molecule has 0 radical (unpaired) electrons. The first-order chi connectivity index (χ1) is 6.81. The zero-order chi connectivity index (χ0) is 11.3. The van der Waals surface area contributed by atoms with Crippen molar-refractivity contribution >= 4 is 29.3 Å². The summed E-state index contributed by atoms with van der Waals surface area (Å²) in [7, 11) is 0. The van der Waals surface area contributed by atoms with Gasteiger partial charge in [-0.25, -0.2) is 4.98 Å². The Bertz CT molecular complexity index is 420. The highest BCUT2D eigenvalue weighted by molar-refractivity contribution is 6.51. The molecule has 15 heavy (non-hydrogen) atoms. The molecule has 1 heterocycles. The van der Waals surface area contributed by atoms with E-state index in [0.717, 1.165) is 6.08 Å². The van der Waals surface area contributed by atoms with Gasteiger partial charge in [-0.2, -0.15) is 13.2 Å². The van der Waals surface area contributed by atoms with Crippen molar-refractivity contribution in [2.24, 2.45) is 0 Å². The summed E-state index contributed by atoms with van der Waals surface area (Å²) >= 11 is 11.3. The van der Waals surface area contributed by atoms with Crippen LogP contribution in [0.2, 0.25) is 0 Å². The van der Waals surface area contributed by atoms with Crippen LogP contribution in [0.5, 0.6) is 0 Å². The van der Waals surface area contributed by atoms with E-state index in [1.54, 1.807) is 0 Å². The van der Waals surface area contributed by atoms with Crippen molar-refractivity contribution in [1.82, 2.24) is 9.97 Å². The van der Waals surface area contributed by atoms with E-state index in [0.29, 0.717) is 5.69 Å². The van der Waals surface area contributed by atoms with Crippen molar-refractivity contribution in [2.75, 3.05) is 0 Å². The topological polar surface area (TPSA) is 28.7 Å². The van der Waals surface area contributed by atoms with Gasteiger partial charge < -0.3 is 4.98 Å². The van der Waals surface area contributed by atoms with Gasteiger partial charge in [0.05, 0.1) is 17.6 Å². The molecule has 1 aliphatic rings. The Kier molecular flexibility index (Phi) is 2.28. The van der Waals surface area contributed by atoms with Crippen LogP contribution in [0.3, 0.4) is 0 Å². The van der Waals surface area contributed by atoms with Crippen molar-refractivity contribution < 1.29 is 13.2 Å². The van der Waals surface area contributed by atoms with Crippen LogP contribution >= 0.6 is 23.2 Å². The first-order valence-electron chi connectivity index (χ1n) is 4.00. The summed E-state index contributed by atoms with van der Waals surface area (Å²) in [6.07, 6.45) is -2.49. The first kappa shape index (κ1) is 10.8. The van der Waals surface area contributed by atoms with Crippen LogP contribution in [0.1, 0.15) is 11.4 Å². The second-order valence-corrected chi connectivity index (χ2v) is 4.69. The molecule has 0 fully saturated rings. The molecule has 1 N–H and O–H groups in total. The maximum absolute atomic E-state index is 12.6. The van der Waals surface area contributed by atoms with E-state index in [4.69, 9.17) is 23.2 Å². The summed E-state index contributed by atoms with van der Waals surface area (Å²) in [6.45, 7) is 0. The smallest absolute Gasteiger partial charge is 0.348 e. The molecule has 1 aliphatic carbocycles. The number of alkyl halides is 5. The fourth-order valence-corrected chi connectivity index (χ4v) is 2.04. The molecule has 1 aromatic rings. The Balaban J connectivity index is 2.53. The Morgan fingerprint density at radius 1 is 1.40 bits per heavy atom. The average Bonchev–Trinajstić information content (AvgIpc) is 2.45. The summed E-state index contributed by atoms with van der Waals surface area (Å²) in [6, 6.07) is 0. The lowest BCUT2D eigenvalue weighted by molar-refractivity contribution is -0.0939. The summed E-state index contributed by atoms with van der Waals surface area (Å²) in [4.78, 5) is 6.43. The summed E-state index contributed by atoms with van der Waals surface area (Å²) in [5.74, 6) is 0. The summed E-state index contributed by atoms with van der Waals surface area (Å²) < 4.78 is 35.7. The second kappa shape index (κ2) is 3.15. The van der Waals surface area contributed by atoms with Crippen LogP contribution in [-0.4, -0.2) is 20.5 Å². The molecule has 0 amide bonds. The molecule has 0 unspecified atom stereocenters. The molecule has 0 atom stereocenters. The van der Waals surface area contributed by atoms with Gasteiger partial charge in [0.15, 0.2) is 4.33 Å². The Hall–Kier alpha value is -0.680. The molecule has 0 spiro atoms. The number of halogens is 5. The quantitative estimate of drug-likeness (QED) is 0.711. The maximum atomic E-state index is 12.6. The summed E-state index contributed by atoms with van der Waals surface area (Å²) in [5.41, 5.74) is -0.231. The lowest BCUT2D eigenvalue weighted by atomic mass is 9.98. The number of aromatic nitrogens is 2. The number of aromatic amines is 1. The lowest BCUT2D eigenvalue weighted by Gasteiger charge is -2.27. The molecule has 82 valence electrons. The minimum absolute atomic E-state index is 0.128. The zero-order valence-electron chi connectivity index (χ0n) is 7.20. The number of fused-ring (bicyclic) bond motifs is 1. The van der Waals surface area contributed by atoms with Gasteiger partial charge in [0, 0.05) is 12.1 Å². The Labute approximate surface area is 93.1 Å². The van der Waals surface area contributed by atoms with E-state index in [1.807, 2.05) is 0 Å². The van der Waals surface area contributed by atoms with Crippen LogP contribution in [0, 0.1) is 0 Å². The fourth-order valence-electron chi connectivity index (χ4n) is 1.45. The highest BCUT2D eigenvalue weighted by Crippen LogP contribution is 2.46. The molecule has 0 aromatic carbocycles. The molecule has 0 saturated heterocycles. The number of H-pyrrole nitrogens is 1. The Morgan fingerprint density at radius 2 is 2.07 bits per heavy atom. The number of rotatable bonds is 0. The molecule has 2 nitrogen and oxygen atoms in total. The third-order valence-corrected chi connectivity index (χ3v) is 2.81. The lowest BCUT2D eigenvalue weighted by Crippen LogP contribution is -2.32. The van der Waals surface area contributed by atoms with Crippen LogP contribution in [0.15, 0.2) is 11.9 Å². The second-order valence-electron chi connectivity index (χ2n) is 3.20. The van der Waals surface area contributed by atoms with Gasteiger partial charge >= 0.3 is 6.18 Å². The average molecular weight is 257 g/mol. The summed E-state index contributed by atoms with van der Waals surface area (Å²) in [5, 5.41) is 0. The van der Waals surface area contributed by atoms with Gasteiger partial charge in [-0.3, -0.25) is 0 Å². The van der Waals surface area contributed by atoms with Gasteiger partial charge in [-0.15, -0.1) is 0 Å². The normalized spacial score (nSPS) is 19.7. The van der Waals surface area contributed by atoms with Crippen molar-refractivity contribution in [3.63, 3.8) is 0 Å². The minimum Gasteiger partial charge on any atom is -0.348 e. The number of hydrogen-bond acceptors (Lipinski definition) is 1. The number of hydrogen-bond donors (Lipinski definition) is 1. The predicted molar refractivity (Wildman–Crippen MR) is 50.8 cm³/mol. The number of allylic oxidation sites excluding steroid dienone is 1. The monoisotopic (exact) mass is 256 g/mol. The third kappa shape index (κ3) is 1.86. The van der Waals surface area contributed by atoms with Gasteiger partial charge in [0.1, 0.15) is 0 Å². The molecule has 0 aliphatic heterocycles. The molecule has 0 bridgehead atoms. The molecule has 0 saturated carbocycles. The van der Waals surface area contributed by atoms with E-state index < -0.39 is 16.1 Å². The standard InChI is InChI=1S/C8H5Cl2F3N2/c9-7(10)2-5-4(14-3-15-5)1-6(7)8(11,12)13/h1,3H,2H2,(H,14,15). The molecule has 7 heteroatoms. The van der Waals surface area contributed by atoms with E-state index in [-0.39, 0.29) is 12.1 Å². The Morgan fingerprint density at radius 3 is 2.67 bits per heavy atom. The van der Waals surface area contributed by atoms with E-state index in [1.165, 1.54) is 6.33 Å². The van der Waals surface area contributed by atoms with E-state index >= 15 is 0 Å². The van der Waals surface area contributed by atoms with Crippen molar-refractivity contribution in [1.29, 1.82) is 0 Å². The van der Waals surface area contributed by atoms with Crippen molar-refractivity contribution in [2.45, 2.75) is 16.9 Å². The third-order valence-electron chi connectivity index (χ3n) is 2.13. The number of imidazole rings is 1. The van der Waals surface area contributed by atoms with Gasteiger partial charge in [-0.05, 0) is 6.08 Å². The van der Waals surface area contributed by atoms with E-state index in [2.05, 4.69) is 9.97 Å².